The van der Waals surface area contributed by atoms with Crippen LogP contribution in [0.15, 0.2) is 36.4 Å². The molecule has 0 saturated heterocycles. The van der Waals surface area contributed by atoms with Crippen molar-refractivity contribution in [1.82, 2.24) is 4.90 Å². The number of ether oxygens (including phenoxy) is 2. The molecule has 0 atom stereocenters. The Balaban J connectivity index is 2.25. The molecule has 2 aromatic rings. The zero-order valence-corrected chi connectivity index (χ0v) is 17.3. The zero-order chi connectivity index (χ0) is 20.7. The summed E-state index contributed by atoms with van der Waals surface area (Å²) in [5.74, 6) is 0.336. The van der Waals surface area contributed by atoms with E-state index in [0.717, 1.165) is 0 Å². The van der Waals surface area contributed by atoms with Crippen LogP contribution < -0.4 is 14.8 Å². The highest BCUT2D eigenvalue weighted by atomic mass is 35.5. The number of hydrogen-bond donors (Lipinski definition) is 1. The maximum Gasteiger partial charge on any atom is 0.255 e. The number of anilines is 1. The fraction of sp³-hybridized carbons (Fsp3) is 0.333. The summed E-state index contributed by atoms with van der Waals surface area (Å²) >= 11 is 6.24. The summed E-state index contributed by atoms with van der Waals surface area (Å²) in [6, 6.07) is 9.94. The average Bonchev–Trinajstić information content (AvgIpc) is 2.70. The quantitative estimate of drug-likeness (QED) is 0.704. The van der Waals surface area contributed by atoms with E-state index in [1.807, 2.05) is 20.8 Å². The van der Waals surface area contributed by atoms with Crippen molar-refractivity contribution in [1.29, 1.82) is 0 Å². The molecule has 0 aromatic heterocycles. The van der Waals surface area contributed by atoms with E-state index in [2.05, 4.69) is 5.32 Å². The summed E-state index contributed by atoms with van der Waals surface area (Å²) in [6.07, 6.45) is 0. The lowest BCUT2D eigenvalue weighted by Gasteiger charge is -2.19. The van der Waals surface area contributed by atoms with E-state index in [1.165, 1.54) is 13.2 Å². The van der Waals surface area contributed by atoms with Crippen LogP contribution in [-0.2, 0) is 0 Å². The number of nitrogens with one attached hydrogen (secondary N) is 1. The number of nitrogens with zero attached hydrogens (tertiary/aromatic N) is 1. The molecule has 2 aromatic carbocycles. The number of methoxy groups -OCH3 is 1. The highest BCUT2D eigenvalue weighted by Crippen LogP contribution is 2.36. The standard InChI is InChI=1S/C21H25ClN2O4/c1-5-24(6-2)21(26)14-9-8-10-16(11-14)23-20(25)15-12-17(22)19(28-7-3)18(13-15)27-4/h8-13H,5-7H2,1-4H3,(H,23,25). The van der Waals surface area contributed by atoms with Gasteiger partial charge in [-0.05, 0) is 51.1 Å². The SMILES string of the molecule is CCOc1c(Cl)cc(C(=O)Nc2cccc(C(=O)N(CC)CC)c2)cc1OC. The van der Waals surface area contributed by atoms with E-state index in [0.29, 0.717) is 48.0 Å². The largest absolute Gasteiger partial charge is 0.493 e. The lowest BCUT2D eigenvalue weighted by molar-refractivity contribution is 0.0772. The smallest absolute Gasteiger partial charge is 0.255 e. The van der Waals surface area contributed by atoms with Crippen LogP contribution in [0.3, 0.4) is 0 Å². The first kappa shape index (κ1) is 21.6. The molecule has 6 nitrogen and oxygen atoms in total. The third-order valence-electron chi connectivity index (χ3n) is 4.20. The molecule has 0 fully saturated rings. The van der Waals surface area contributed by atoms with Crippen LogP contribution in [0.25, 0.3) is 0 Å². The van der Waals surface area contributed by atoms with Crippen LogP contribution in [0.4, 0.5) is 5.69 Å². The van der Waals surface area contributed by atoms with Crippen LogP contribution in [0.2, 0.25) is 5.02 Å². The number of benzene rings is 2. The molecule has 7 heteroatoms. The second kappa shape index (κ2) is 9.99. The van der Waals surface area contributed by atoms with Crippen molar-refractivity contribution in [2.24, 2.45) is 0 Å². The van der Waals surface area contributed by atoms with E-state index < -0.39 is 0 Å². The van der Waals surface area contributed by atoms with Crippen molar-refractivity contribution in [3.8, 4) is 11.5 Å². The number of halogens is 1. The molecule has 0 spiro atoms. The van der Waals surface area contributed by atoms with E-state index in [9.17, 15) is 9.59 Å². The Kier molecular flexibility index (Phi) is 7.70. The number of amides is 2. The molecular formula is C21H25ClN2O4. The molecule has 0 bridgehead atoms. The van der Waals surface area contributed by atoms with Gasteiger partial charge in [0.1, 0.15) is 0 Å². The highest BCUT2D eigenvalue weighted by Gasteiger charge is 2.17. The van der Waals surface area contributed by atoms with Gasteiger partial charge in [-0.15, -0.1) is 0 Å². The van der Waals surface area contributed by atoms with Crippen molar-refractivity contribution in [2.45, 2.75) is 20.8 Å². The molecule has 28 heavy (non-hydrogen) atoms. The second-order valence-electron chi connectivity index (χ2n) is 5.93. The Morgan fingerprint density at radius 3 is 2.39 bits per heavy atom. The van der Waals surface area contributed by atoms with Gasteiger partial charge in [-0.25, -0.2) is 0 Å². The maximum absolute atomic E-state index is 12.7. The van der Waals surface area contributed by atoms with Crippen LogP contribution in [0.5, 0.6) is 11.5 Å². The number of hydrogen-bond acceptors (Lipinski definition) is 4. The monoisotopic (exact) mass is 404 g/mol. The summed E-state index contributed by atoms with van der Waals surface area (Å²) in [7, 11) is 1.48. The topological polar surface area (TPSA) is 67.9 Å². The molecular weight excluding hydrogens is 380 g/mol. The lowest BCUT2D eigenvalue weighted by Crippen LogP contribution is -2.30. The third kappa shape index (κ3) is 4.95. The molecule has 0 aliphatic heterocycles. The van der Waals surface area contributed by atoms with Gasteiger partial charge in [0.2, 0.25) is 0 Å². The Labute approximate surface area is 170 Å². The molecule has 0 aliphatic carbocycles. The van der Waals surface area contributed by atoms with Crippen LogP contribution in [0.1, 0.15) is 41.5 Å². The molecule has 1 N–H and O–H groups in total. The van der Waals surface area contributed by atoms with Crippen molar-refractivity contribution in [2.75, 3.05) is 32.1 Å². The van der Waals surface area contributed by atoms with Crippen molar-refractivity contribution < 1.29 is 19.1 Å². The molecule has 0 aliphatic rings. The first-order valence-electron chi connectivity index (χ1n) is 9.16. The van der Waals surface area contributed by atoms with Crippen molar-refractivity contribution >= 4 is 29.1 Å². The van der Waals surface area contributed by atoms with Crippen LogP contribution in [-0.4, -0.2) is 43.5 Å². The van der Waals surface area contributed by atoms with Gasteiger partial charge in [-0.3, -0.25) is 9.59 Å². The van der Waals surface area contributed by atoms with Gasteiger partial charge in [0.25, 0.3) is 11.8 Å². The summed E-state index contributed by atoms with van der Waals surface area (Å²) in [6.45, 7) is 7.36. The first-order chi connectivity index (χ1) is 13.4. The Hall–Kier alpha value is -2.73. The molecule has 0 radical (unpaired) electrons. The second-order valence-corrected chi connectivity index (χ2v) is 6.34. The zero-order valence-electron chi connectivity index (χ0n) is 16.5. The molecule has 2 amide bonds. The molecule has 0 heterocycles. The van der Waals surface area contributed by atoms with Crippen molar-refractivity contribution in [3.63, 3.8) is 0 Å². The maximum atomic E-state index is 12.7. The van der Waals surface area contributed by atoms with Crippen LogP contribution in [0, 0.1) is 0 Å². The fourth-order valence-electron chi connectivity index (χ4n) is 2.76. The van der Waals surface area contributed by atoms with Crippen LogP contribution >= 0.6 is 11.6 Å². The van der Waals surface area contributed by atoms with Gasteiger partial charge in [0.05, 0.1) is 18.7 Å². The molecule has 150 valence electrons. The van der Waals surface area contributed by atoms with Gasteiger partial charge in [0.15, 0.2) is 11.5 Å². The lowest BCUT2D eigenvalue weighted by atomic mass is 10.1. The third-order valence-corrected chi connectivity index (χ3v) is 4.48. The normalized spacial score (nSPS) is 10.3. The number of rotatable bonds is 8. The van der Waals surface area contributed by atoms with Gasteiger partial charge in [-0.1, -0.05) is 17.7 Å². The van der Waals surface area contributed by atoms with E-state index in [4.69, 9.17) is 21.1 Å². The summed E-state index contributed by atoms with van der Waals surface area (Å²) in [5.41, 5.74) is 1.36. The minimum atomic E-state index is -0.365. The summed E-state index contributed by atoms with van der Waals surface area (Å²) in [4.78, 5) is 26.9. The van der Waals surface area contributed by atoms with Gasteiger partial charge >= 0.3 is 0 Å². The van der Waals surface area contributed by atoms with E-state index in [-0.39, 0.29) is 16.8 Å². The Morgan fingerprint density at radius 1 is 1.07 bits per heavy atom. The number of carbonyl (C=O) groups excluding carboxylic acids is 2. The minimum absolute atomic E-state index is 0.0770. The van der Waals surface area contributed by atoms with E-state index in [1.54, 1.807) is 35.2 Å². The predicted octanol–water partition coefficient (Wildman–Crippen LogP) is 4.48. The predicted molar refractivity (Wildman–Crippen MR) is 111 cm³/mol. The molecule has 0 unspecified atom stereocenters. The average molecular weight is 405 g/mol. The number of carbonyl (C=O) groups is 2. The van der Waals surface area contributed by atoms with Gasteiger partial charge < -0.3 is 19.7 Å². The summed E-state index contributed by atoms with van der Waals surface area (Å²) < 4.78 is 10.7. The van der Waals surface area contributed by atoms with Gasteiger partial charge in [-0.2, -0.15) is 0 Å². The highest BCUT2D eigenvalue weighted by molar-refractivity contribution is 6.32. The Bertz CT molecular complexity index is 850. The van der Waals surface area contributed by atoms with Gasteiger partial charge in [0, 0.05) is 29.9 Å². The van der Waals surface area contributed by atoms with Crippen molar-refractivity contribution in [3.05, 3.63) is 52.5 Å². The molecule has 2 rings (SSSR count). The molecule has 0 saturated carbocycles. The fourth-order valence-corrected chi connectivity index (χ4v) is 3.03. The summed E-state index contributed by atoms with van der Waals surface area (Å²) in [5, 5.41) is 3.08. The van der Waals surface area contributed by atoms with E-state index >= 15 is 0 Å². The minimum Gasteiger partial charge on any atom is -0.493 e. The first-order valence-corrected chi connectivity index (χ1v) is 9.53. The Morgan fingerprint density at radius 2 is 1.79 bits per heavy atom.